The number of carbonyl (C=O) groups is 1. The van der Waals surface area contributed by atoms with Gasteiger partial charge in [0, 0.05) is 18.0 Å². The van der Waals surface area contributed by atoms with Crippen molar-refractivity contribution in [3.8, 4) is 5.69 Å². The van der Waals surface area contributed by atoms with Gasteiger partial charge in [0.1, 0.15) is 5.82 Å². The summed E-state index contributed by atoms with van der Waals surface area (Å²) >= 11 is 0. The highest BCUT2D eigenvalue weighted by Crippen LogP contribution is 2.38. The summed E-state index contributed by atoms with van der Waals surface area (Å²) in [6.07, 6.45) is 9.87. The van der Waals surface area contributed by atoms with Gasteiger partial charge in [0.2, 0.25) is 0 Å². The topological polar surface area (TPSA) is 67.1 Å². The van der Waals surface area contributed by atoms with E-state index >= 15 is 0 Å². The molecular formula is C20H25N3O2. The zero-order chi connectivity index (χ0) is 17.2. The Bertz CT molecular complexity index is 758. The molecule has 1 aromatic heterocycles. The average molecular weight is 339 g/mol. The molecule has 0 radical (unpaired) electrons. The lowest BCUT2D eigenvalue weighted by molar-refractivity contribution is 0.0697. The van der Waals surface area contributed by atoms with E-state index in [1.807, 2.05) is 16.8 Å². The second kappa shape index (κ2) is 6.90. The summed E-state index contributed by atoms with van der Waals surface area (Å²) < 4.78 is 2.00. The molecule has 2 aliphatic rings. The molecule has 5 nitrogen and oxygen atoms in total. The smallest absolute Gasteiger partial charge is 0.335 e. The molecule has 2 heterocycles. The third-order valence-corrected chi connectivity index (χ3v) is 5.51. The van der Waals surface area contributed by atoms with Crippen LogP contribution in [0.1, 0.15) is 72.5 Å². The number of rotatable bonds is 3. The lowest BCUT2D eigenvalue weighted by Crippen LogP contribution is -2.09. The fourth-order valence-electron chi connectivity index (χ4n) is 4.16. The molecule has 0 unspecified atom stereocenters. The number of benzene rings is 1. The Morgan fingerprint density at radius 2 is 1.84 bits per heavy atom. The molecule has 132 valence electrons. The Morgan fingerprint density at radius 1 is 1.08 bits per heavy atom. The first-order chi connectivity index (χ1) is 12.2. The van der Waals surface area contributed by atoms with Crippen molar-refractivity contribution in [2.45, 2.75) is 57.3 Å². The number of aromatic nitrogens is 2. The van der Waals surface area contributed by atoms with Crippen molar-refractivity contribution < 1.29 is 9.90 Å². The molecule has 2 N–H and O–H groups in total. The Hall–Kier alpha value is -2.30. The molecular weight excluding hydrogens is 314 g/mol. The first-order valence-corrected chi connectivity index (χ1v) is 9.43. The molecule has 0 saturated heterocycles. The number of fused-ring (bicyclic) bond motifs is 1. The number of hydrogen-bond acceptors (Lipinski definition) is 3. The van der Waals surface area contributed by atoms with Crippen LogP contribution in [0.15, 0.2) is 24.3 Å². The number of nitrogens with zero attached hydrogens (tertiary/aromatic N) is 2. The van der Waals surface area contributed by atoms with E-state index in [2.05, 4.69) is 5.32 Å². The first kappa shape index (κ1) is 16.2. The zero-order valence-electron chi connectivity index (χ0n) is 14.5. The van der Waals surface area contributed by atoms with Gasteiger partial charge in [-0.05, 0) is 56.4 Å². The lowest BCUT2D eigenvalue weighted by atomic mass is 9.85. The third kappa shape index (κ3) is 3.15. The number of carboxylic acid groups (broad SMARTS) is 1. The largest absolute Gasteiger partial charge is 0.478 e. The van der Waals surface area contributed by atoms with Crippen LogP contribution < -0.4 is 5.32 Å². The zero-order valence-corrected chi connectivity index (χ0v) is 14.5. The van der Waals surface area contributed by atoms with Crippen molar-refractivity contribution in [2.75, 3.05) is 11.9 Å². The molecule has 5 heteroatoms. The summed E-state index contributed by atoms with van der Waals surface area (Å²) in [4.78, 5) is 11.1. The highest BCUT2D eigenvalue weighted by molar-refractivity contribution is 5.87. The van der Waals surface area contributed by atoms with E-state index in [1.165, 1.54) is 56.2 Å². The van der Waals surface area contributed by atoms with Gasteiger partial charge in [-0.15, -0.1) is 0 Å². The molecule has 25 heavy (non-hydrogen) atoms. The van der Waals surface area contributed by atoms with Gasteiger partial charge in [0.15, 0.2) is 0 Å². The van der Waals surface area contributed by atoms with Gasteiger partial charge in [0.25, 0.3) is 0 Å². The van der Waals surface area contributed by atoms with E-state index in [4.69, 9.17) is 10.2 Å². The summed E-state index contributed by atoms with van der Waals surface area (Å²) in [7, 11) is 0. The van der Waals surface area contributed by atoms with Gasteiger partial charge < -0.3 is 10.4 Å². The van der Waals surface area contributed by atoms with Crippen molar-refractivity contribution in [1.29, 1.82) is 0 Å². The Kier molecular flexibility index (Phi) is 4.47. The Morgan fingerprint density at radius 3 is 2.56 bits per heavy atom. The average Bonchev–Trinajstić information content (AvgIpc) is 2.84. The van der Waals surface area contributed by atoms with Crippen molar-refractivity contribution in [3.05, 3.63) is 41.1 Å². The van der Waals surface area contributed by atoms with Crippen LogP contribution in [0.25, 0.3) is 5.69 Å². The van der Waals surface area contributed by atoms with Crippen LogP contribution in [0.4, 0.5) is 5.82 Å². The number of nitrogens with one attached hydrogen (secondary N) is 1. The normalized spacial score (nSPS) is 18.2. The van der Waals surface area contributed by atoms with Gasteiger partial charge in [-0.3, -0.25) is 0 Å². The van der Waals surface area contributed by atoms with Crippen molar-refractivity contribution in [2.24, 2.45) is 0 Å². The maximum absolute atomic E-state index is 11.1. The molecule has 2 aromatic rings. The predicted molar refractivity (Wildman–Crippen MR) is 97.8 cm³/mol. The monoisotopic (exact) mass is 339 g/mol. The predicted octanol–water partition coefficient (Wildman–Crippen LogP) is 4.37. The molecule has 0 spiro atoms. The maximum atomic E-state index is 11.1. The maximum Gasteiger partial charge on any atom is 0.335 e. The highest BCUT2D eigenvalue weighted by Gasteiger charge is 2.27. The van der Waals surface area contributed by atoms with Crippen LogP contribution in [0.2, 0.25) is 0 Å². The number of carboxylic acids is 1. The van der Waals surface area contributed by atoms with E-state index in [0.29, 0.717) is 11.5 Å². The molecule has 0 amide bonds. The van der Waals surface area contributed by atoms with Crippen LogP contribution in [0.5, 0.6) is 0 Å². The number of aromatic carboxylic acids is 1. The van der Waals surface area contributed by atoms with Gasteiger partial charge in [-0.25, -0.2) is 9.48 Å². The summed E-state index contributed by atoms with van der Waals surface area (Å²) in [5, 5.41) is 17.7. The second-order valence-electron chi connectivity index (χ2n) is 7.20. The summed E-state index contributed by atoms with van der Waals surface area (Å²) in [5.41, 5.74) is 3.89. The van der Waals surface area contributed by atoms with Gasteiger partial charge in [-0.1, -0.05) is 19.3 Å². The third-order valence-electron chi connectivity index (χ3n) is 5.51. The van der Waals surface area contributed by atoms with Gasteiger partial charge in [-0.2, -0.15) is 5.10 Å². The van der Waals surface area contributed by atoms with Crippen molar-refractivity contribution in [3.63, 3.8) is 0 Å². The van der Waals surface area contributed by atoms with Crippen LogP contribution in [-0.4, -0.2) is 27.4 Å². The lowest BCUT2D eigenvalue weighted by Gasteiger charge is -2.20. The molecule has 4 rings (SSSR count). The summed E-state index contributed by atoms with van der Waals surface area (Å²) in [6, 6.07) is 7.02. The van der Waals surface area contributed by atoms with E-state index in [0.717, 1.165) is 24.5 Å². The van der Waals surface area contributed by atoms with Crippen LogP contribution in [-0.2, 0) is 6.42 Å². The molecule has 0 bridgehead atoms. The number of anilines is 1. The van der Waals surface area contributed by atoms with E-state index in [9.17, 15) is 4.79 Å². The molecule has 1 aliphatic heterocycles. The van der Waals surface area contributed by atoms with E-state index in [1.54, 1.807) is 12.1 Å². The molecule has 1 fully saturated rings. The molecule has 1 saturated carbocycles. The van der Waals surface area contributed by atoms with Crippen LogP contribution >= 0.6 is 0 Å². The van der Waals surface area contributed by atoms with Gasteiger partial charge in [0.05, 0.1) is 16.9 Å². The first-order valence-electron chi connectivity index (χ1n) is 9.43. The second-order valence-corrected chi connectivity index (χ2v) is 7.20. The minimum atomic E-state index is -0.896. The van der Waals surface area contributed by atoms with Crippen LogP contribution in [0, 0.1) is 0 Å². The molecule has 0 atom stereocenters. The standard InChI is InChI=1S/C20H25N3O2/c24-20(25)15-9-11-16(12-10-15)23-19-17(8-4-5-13-21-19)18(22-23)14-6-2-1-3-7-14/h9-12,14,21H,1-8,13H2,(H,24,25). The minimum absolute atomic E-state index is 0.308. The molecule has 1 aliphatic carbocycles. The fourth-order valence-corrected chi connectivity index (χ4v) is 4.16. The molecule has 1 aromatic carbocycles. The Balaban J connectivity index is 1.76. The van der Waals surface area contributed by atoms with Gasteiger partial charge >= 0.3 is 5.97 Å². The van der Waals surface area contributed by atoms with Crippen molar-refractivity contribution >= 4 is 11.8 Å². The quantitative estimate of drug-likeness (QED) is 0.871. The Labute approximate surface area is 148 Å². The minimum Gasteiger partial charge on any atom is -0.478 e. The van der Waals surface area contributed by atoms with E-state index in [-0.39, 0.29) is 0 Å². The highest BCUT2D eigenvalue weighted by atomic mass is 16.4. The number of hydrogen-bond donors (Lipinski definition) is 2. The van der Waals surface area contributed by atoms with Crippen molar-refractivity contribution in [1.82, 2.24) is 9.78 Å². The summed E-state index contributed by atoms with van der Waals surface area (Å²) in [6.45, 7) is 0.968. The fraction of sp³-hybridized carbons (Fsp3) is 0.500. The SMILES string of the molecule is O=C(O)c1ccc(-n2nc(C3CCCCC3)c3c2NCCCC3)cc1. The van der Waals surface area contributed by atoms with Crippen LogP contribution in [0.3, 0.4) is 0 Å². The summed E-state index contributed by atoms with van der Waals surface area (Å²) in [5.74, 6) is 0.787. The van der Waals surface area contributed by atoms with E-state index < -0.39 is 5.97 Å².